The fraction of sp³-hybridized carbons (Fsp3) is 0.571. The van der Waals surface area contributed by atoms with Gasteiger partial charge in [0.25, 0.3) is 0 Å². The minimum absolute atomic E-state index is 0. The lowest BCUT2D eigenvalue weighted by Crippen LogP contribution is -2.59. The van der Waals surface area contributed by atoms with Crippen LogP contribution in [0.3, 0.4) is 0 Å². The molecule has 1 aliphatic heterocycles. The van der Waals surface area contributed by atoms with Crippen molar-refractivity contribution < 1.29 is 4.74 Å². The van der Waals surface area contributed by atoms with Crippen molar-refractivity contribution in [2.24, 2.45) is 5.92 Å². The average Bonchev–Trinajstić information content (AvgIpc) is 3.18. The summed E-state index contributed by atoms with van der Waals surface area (Å²) in [4.78, 5) is 6.84. The van der Waals surface area contributed by atoms with Gasteiger partial charge in [-0.05, 0) is 68.5 Å². The maximum atomic E-state index is 5.81. The molecule has 1 saturated heterocycles. The second kappa shape index (κ2) is 7.88. The van der Waals surface area contributed by atoms with E-state index in [0.29, 0.717) is 11.5 Å². The van der Waals surface area contributed by atoms with E-state index in [-0.39, 0.29) is 34.0 Å². The topological polar surface area (TPSA) is 30.3 Å². The number of rotatable bonds is 2. The van der Waals surface area contributed by atoms with Gasteiger partial charge in [0.15, 0.2) is 0 Å². The van der Waals surface area contributed by atoms with E-state index in [1.54, 1.807) is 12.7 Å². The zero-order chi connectivity index (χ0) is 17.0. The first-order valence-corrected chi connectivity index (χ1v) is 9.63. The summed E-state index contributed by atoms with van der Waals surface area (Å²) in [6.45, 7) is 1.23. The second-order valence-corrected chi connectivity index (χ2v) is 8.16. The van der Waals surface area contributed by atoms with Gasteiger partial charge < -0.3 is 14.2 Å². The number of hydrogen-bond acceptors (Lipinski definition) is 3. The molecule has 6 heteroatoms. The van der Waals surface area contributed by atoms with E-state index in [4.69, 9.17) is 4.74 Å². The molecule has 0 N–H and O–H groups in total. The highest BCUT2D eigenvalue weighted by atomic mass is 79.9. The zero-order valence-corrected chi connectivity index (χ0v) is 19.5. The molecule has 3 atom stereocenters. The van der Waals surface area contributed by atoms with Crippen molar-refractivity contribution in [2.45, 2.75) is 50.0 Å². The van der Waals surface area contributed by atoms with E-state index in [1.165, 1.54) is 50.6 Å². The summed E-state index contributed by atoms with van der Waals surface area (Å²) in [6, 6.07) is 5.43. The number of methoxy groups -OCH3 is 1. The maximum Gasteiger partial charge on any atom is 0.143 e. The number of likely N-dealkylation sites (tertiary alicyclic amines) is 1. The summed E-state index contributed by atoms with van der Waals surface area (Å²) < 4.78 is 7.88. The van der Waals surface area contributed by atoms with Gasteiger partial charge in [0.1, 0.15) is 5.75 Å². The molecule has 0 radical (unpaired) electrons. The van der Waals surface area contributed by atoms with Crippen LogP contribution in [0.1, 0.15) is 43.2 Å². The van der Waals surface area contributed by atoms with Gasteiger partial charge in [-0.1, -0.05) is 12.8 Å². The van der Waals surface area contributed by atoms with E-state index in [1.807, 2.05) is 18.7 Å². The summed E-state index contributed by atoms with van der Waals surface area (Å²) in [5, 5.41) is 0. The first-order chi connectivity index (χ1) is 12.2. The molecule has 1 aromatic heterocycles. The molecule has 2 heterocycles. The largest absolute Gasteiger partial charge is 0.495 e. The smallest absolute Gasteiger partial charge is 0.143 e. The van der Waals surface area contributed by atoms with Crippen molar-refractivity contribution in [2.75, 3.05) is 20.7 Å². The van der Waals surface area contributed by atoms with Crippen LogP contribution >= 0.6 is 34.0 Å². The Kier molecular flexibility index (Phi) is 6.09. The minimum Gasteiger partial charge on any atom is -0.495 e. The third-order valence-electron chi connectivity index (χ3n) is 7.19. The molecular weight excluding hydrogens is 470 g/mol. The van der Waals surface area contributed by atoms with Gasteiger partial charge in [-0.25, -0.2) is 4.98 Å². The quantitative estimate of drug-likeness (QED) is 0.599. The van der Waals surface area contributed by atoms with Gasteiger partial charge in [0.05, 0.1) is 19.1 Å². The van der Waals surface area contributed by atoms with Crippen LogP contribution in [0.15, 0.2) is 30.9 Å². The molecular formula is C21H29Br2N3O. The third kappa shape index (κ3) is 3.08. The number of nitrogens with zero attached hydrogens (tertiary/aromatic N) is 3. The van der Waals surface area contributed by atoms with E-state index in [2.05, 4.69) is 33.6 Å². The number of halogens is 2. The van der Waals surface area contributed by atoms with E-state index in [0.717, 1.165) is 17.4 Å². The molecule has 1 saturated carbocycles. The van der Waals surface area contributed by atoms with Crippen molar-refractivity contribution in [1.82, 2.24) is 14.5 Å². The van der Waals surface area contributed by atoms with Crippen molar-refractivity contribution in [1.29, 1.82) is 0 Å². The highest BCUT2D eigenvalue weighted by Gasteiger charge is 2.53. The Morgan fingerprint density at radius 3 is 2.78 bits per heavy atom. The lowest BCUT2D eigenvalue weighted by Gasteiger charge is -2.58. The molecule has 5 rings (SSSR count). The predicted molar refractivity (Wildman–Crippen MR) is 119 cm³/mol. The number of aromatic nitrogens is 2. The number of ether oxygens (including phenoxy) is 1. The second-order valence-electron chi connectivity index (χ2n) is 8.16. The fourth-order valence-corrected chi connectivity index (χ4v) is 5.99. The minimum atomic E-state index is 0. The molecule has 148 valence electrons. The van der Waals surface area contributed by atoms with Crippen LogP contribution in [0.2, 0.25) is 0 Å². The van der Waals surface area contributed by atoms with Gasteiger partial charge in [0.2, 0.25) is 0 Å². The monoisotopic (exact) mass is 497 g/mol. The molecule has 0 unspecified atom stereocenters. The molecule has 2 fully saturated rings. The number of imidazole rings is 1. The van der Waals surface area contributed by atoms with Crippen molar-refractivity contribution in [3.05, 3.63) is 42.0 Å². The Morgan fingerprint density at radius 1 is 1.19 bits per heavy atom. The summed E-state index contributed by atoms with van der Waals surface area (Å²) >= 11 is 0. The van der Waals surface area contributed by atoms with Gasteiger partial charge >= 0.3 is 0 Å². The number of benzene rings is 1. The van der Waals surface area contributed by atoms with E-state index < -0.39 is 0 Å². The normalized spacial score (nSPS) is 29.0. The Balaban J connectivity index is 0.00000105. The third-order valence-corrected chi connectivity index (χ3v) is 7.19. The molecule has 27 heavy (non-hydrogen) atoms. The van der Waals surface area contributed by atoms with Crippen molar-refractivity contribution in [3.8, 4) is 11.4 Å². The first kappa shape index (κ1) is 20.9. The summed E-state index contributed by atoms with van der Waals surface area (Å²) in [5.41, 5.74) is 4.61. The SMILES string of the molecule is Br.Br.COc1cc2c(cc1-n1ccnc1)C[C@H]1[C@H]3CCCC[C@@]23CCN1C. The van der Waals surface area contributed by atoms with E-state index in [9.17, 15) is 0 Å². The van der Waals surface area contributed by atoms with Crippen LogP contribution in [0.4, 0.5) is 0 Å². The Morgan fingerprint density at radius 2 is 2.04 bits per heavy atom. The van der Waals surface area contributed by atoms with Gasteiger partial charge in [-0.2, -0.15) is 0 Å². The Labute approximate surface area is 182 Å². The Bertz CT molecular complexity index is 795. The van der Waals surface area contributed by atoms with Crippen LogP contribution in [-0.4, -0.2) is 41.2 Å². The zero-order valence-electron chi connectivity index (χ0n) is 16.1. The molecule has 0 spiro atoms. The predicted octanol–water partition coefficient (Wildman–Crippen LogP) is 4.72. The number of piperidine rings is 1. The van der Waals surface area contributed by atoms with Crippen LogP contribution < -0.4 is 4.74 Å². The summed E-state index contributed by atoms with van der Waals surface area (Å²) in [6.07, 6.45) is 13.7. The maximum absolute atomic E-state index is 5.81. The summed E-state index contributed by atoms with van der Waals surface area (Å²) in [7, 11) is 4.12. The number of likely N-dealkylation sites (N-methyl/N-ethyl adjacent to an activating group) is 1. The summed E-state index contributed by atoms with van der Waals surface area (Å²) in [5.74, 6) is 1.80. The molecule has 3 aliphatic rings. The average molecular weight is 499 g/mol. The molecule has 4 nitrogen and oxygen atoms in total. The van der Waals surface area contributed by atoms with Crippen molar-refractivity contribution in [3.63, 3.8) is 0 Å². The van der Waals surface area contributed by atoms with Crippen LogP contribution in [0, 0.1) is 5.92 Å². The standard InChI is InChI=1S/C21H27N3O.2BrH/c1-23-9-7-21-6-4-3-5-16(21)18(23)11-15-12-19(24-10-8-22-14-24)20(25-2)13-17(15)21;;/h8,10,12-14,16,18H,3-7,9,11H2,1-2H3;2*1H/t16-,18+,21+;;/m1../s1. The Hall–Kier alpha value is -0.850. The lowest BCUT2D eigenvalue weighted by molar-refractivity contribution is 0.00274. The lowest BCUT2D eigenvalue weighted by atomic mass is 9.52. The molecule has 2 aliphatic carbocycles. The molecule has 0 amide bonds. The van der Waals surface area contributed by atoms with Gasteiger partial charge in [-0.15, -0.1) is 34.0 Å². The highest BCUT2D eigenvalue weighted by Crippen LogP contribution is 2.56. The molecule has 1 aromatic carbocycles. The van der Waals surface area contributed by atoms with Crippen molar-refractivity contribution >= 4 is 34.0 Å². The van der Waals surface area contributed by atoms with E-state index >= 15 is 0 Å². The first-order valence-electron chi connectivity index (χ1n) is 9.63. The van der Waals surface area contributed by atoms with Gasteiger partial charge in [0, 0.05) is 23.9 Å². The fourth-order valence-electron chi connectivity index (χ4n) is 5.99. The molecule has 2 bridgehead atoms. The number of hydrogen-bond donors (Lipinski definition) is 0. The molecule has 2 aromatic rings. The van der Waals surface area contributed by atoms with Crippen LogP contribution in [-0.2, 0) is 11.8 Å². The highest BCUT2D eigenvalue weighted by molar-refractivity contribution is 8.93. The van der Waals surface area contributed by atoms with Crippen LogP contribution in [0.5, 0.6) is 5.75 Å². The van der Waals surface area contributed by atoms with Gasteiger partial charge in [-0.3, -0.25) is 0 Å². The van der Waals surface area contributed by atoms with Crippen LogP contribution in [0.25, 0.3) is 5.69 Å². The number of fused-ring (bicyclic) bond motifs is 1.